The van der Waals surface area contributed by atoms with Crippen molar-refractivity contribution >= 4 is 46.8 Å². The summed E-state index contributed by atoms with van der Waals surface area (Å²) >= 11 is 13.4. The van der Waals surface area contributed by atoms with E-state index in [0.717, 1.165) is 16.2 Å². The molecule has 0 aliphatic heterocycles. The standard InChI is InChI=1S/C19H20Cl2N2O2S/c1-13(24)23-18(14-2-4-15(20)5-3-14)12-19(25)22-10-11-26-17-8-6-16(21)7-9-17/h2-9,18H,10-12H2,1H3,(H,22,25)(H,23,24). The van der Waals surface area contributed by atoms with Crippen LogP contribution in [0.1, 0.15) is 24.9 Å². The highest BCUT2D eigenvalue weighted by Crippen LogP contribution is 2.21. The summed E-state index contributed by atoms with van der Waals surface area (Å²) in [6.07, 6.45) is 0.173. The molecule has 0 heterocycles. The molecule has 0 aromatic heterocycles. The number of nitrogens with one attached hydrogen (secondary N) is 2. The van der Waals surface area contributed by atoms with E-state index in [1.165, 1.54) is 6.92 Å². The first kappa shape index (κ1) is 20.6. The molecular weight excluding hydrogens is 391 g/mol. The lowest BCUT2D eigenvalue weighted by Gasteiger charge is -2.18. The fourth-order valence-electron chi connectivity index (χ4n) is 2.34. The first-order valence-corrected chi connectivity index (χ1v) is 9.86. The van der Waals surface area contributed by atoms with Crippen LogP contribution in [0, 0.1) is 0 Å². The van der Waals surface area contributed by atoms with E-state index >= 15 is 0 Å². The highest BCUT2D eigenvalue weighted by Gasteiger charge is 2.16. The molecule has 0 aliphatic rings. The van der Waals surface area contributed by atoms with Crippen molar-refractivity contribution in [2.75, 3.05) is 12.3 Å². The van der Waals surface area contributed by atoms with Crippen molar-refractivity contribution in [1.82, 2.24) is 10.6 Å². The minimum atomic E-state index is -0.381. The predicted molar refractivity (Wildman–Crippen MR) is 108 cm³/mol. The van der Waals surface area contributed by atoms with Crippen LogP contribution >= 0.6 is 35.0 Å². The maximum absolute atomic E-state index is 12.2. The highest BCUT2D eigenvalue weighted by atomic mass is 35.5. The highest BCUT2D eigenvalue weighted by molar-refractivity contribution is 7.99. The quantitative estimate of drug-likeness (QED) is 0.498. The molecule has 2 N–H and O–H groups in total. The Morgan fingerprint density at radius 2 is 1.58 bits per heavy atom. The van der Waals surface area contributed by atoms with Crippen molar-refractivity contribution in [3.63, 3.8) is 0 Å². The number of rotatable bonds is 8. The number of thioether (sulfide) groups is 1. The summed E-state index contributed by atoms with van der Waals surface area (Å²) in [4.78, 5) is 24.7. The van der Waals surface area contributed by atoms with Crippen LogP contribution in [0.5, 0.6) is 0 Å². The van der Waals surface area contributed by atoms with E-state index in [9.17, 15) is 9.59 Å². The van der Waals surface area contributed by atoms with Crippen molar-refractivity contribution in [1.29, 1.82) is 0 Å². The van der Waals surface area contributed by atoms with Gasteiger partial charge in [0.05, 0.1) is 12.5 Å². The number of benzene rings is 2. The average molecular weight is 411 g/mol. The molecule has 0 saturated carbocycles. The normalized spacial score (nSPS) is 11.7. The van der Waals surface area contributed by atoms with Crippen molar-refractivity contribution in [2.24, 2.45) is 0 Å². The fraction of sp³-hybridized carbons (Fsp3) is 0.263. The van der Waals surface area contributed by atoms with Crippen molar-refractivity contribution in [3.05, 3.63) is 64.1 Å². The Balaban J connectivity index is 1.81. The first-order valence-electron chi connectivity index (χ1n) is 8.11. The maximum Gasteiger partial charge on any atom is 0.222 e. The third-order valence-corrected chi connectivity index (χ3v) is 5.06. The van der Waals surface area contributed by atoms with Gasteiger partial charge in [0.1, 0.15) is 0 Å². The molecule has 0 saturated heterocycles. The molecule has 2 rings (SSSR count). The molecule has 0 fully saturated rings. The smallest absolute Gasteiger partial charge is 0.222 e. The van der Waals surface area contributed by atoms with E-state index in [4.69, 9.17) is 23.2 Å². The Labute approximate surface area is 167 Å². The van der Waals surface area contributed by atoms with Gasteiger partial charge in [-0.3, -0.25) is 9.59 Å². The topological polar surface area (TPSA) is 58.2 Å². The van der Waals surface area contributed by atoms with Gasteiger partial charge < -0.3 is 10.6 Å². The zero-order valence-electron chi connectivity index (χ0n) is 14.3. The summed E-state index contributed by atoms with van der Waals surface area (Å²) in [6, 6.07) is 14.3. The summed E-state index contributed by atoms with van der Waals surface area (Å²) in [5.74, 6) is 0.450. The van der Waals surface area contributed by atoms with Crippen LogP contribution < -0.4 is 10.6 Å². The second-order valence-corrected chi connectivity index (χ2v) is 7.70. The van der Waals surface area contributed by atoms with E-state index in [1.807, 2.05) is 36.4 Å². The Kier molecular flexibility index (Phi) is 8.29. The molecule has 2 amide bonds. The first-order chi connectivity index (χ1) is 12.4. The van der Waals surface area contributed by atoms with Gasteiger partial charge in [-0.2, -0.15) is 0 Å². The molecule has 0 bridgehead atoms. The van der Waals surface area contributed by atoms with Crippen molar-refractivity contribution < 1.29 is 9.59 Å². The van der Waals surface area contributed by atoms with Gasteiger partial charge in [0.25, 0.3) is 0 Å². The Hall–Kier alpha value is -1.69. The number of carbonyl (C=O) groups excluding carboxylic acids is 2. The monoisotopic (exact) mass is 410 g/mol. The summed E-state index contributed by atoms with van der Waals surface area (Å²) in [7, 11) is 0. The van der Waals surface area contributed by atoms with Crippen molar-refractivity contribution in [3.8, 4) is 0 Å². The van der Waals surface area contributed by atoms with Crippen LogP contribution in [-0.4, -0.2) is 24.1 Å². The van der Waals surface area contributed by atoms with Gasteiger partial charge in [-0.1, -0.05) is 35.3 Å². The Morgan fingerprint density at radius 3 is 2.15 bits per heavy atom. The fourth-order valence-corrected chi connectivity index (χ4v) is 3.36. The summed E-state index contributed by atoms with van der Waals surface area (Å²) in [5.41, 5.74) is 0.843. The van der Waals surface area contributed by atoms with Crippen LogP contribution in [0.4, 0.5) is 0 Å². The molecule has 0 spiro atoms. The Morgan fingerprint density at radius 1 is 1.00 bits per heavy atom. The molecule has 2 aromatic rings. The predicted octanol–water partition coefficient (Wildman–Crippen LogP) is 4.47. The van der Waals surface area contributed by atoms with E-state index in [2.05, 4.69) is 10.6 Å². The lowest BCUT2D eigenvalue weighted by atomic mass is 10.0. The number of halogens is 2. The van der Waals surface area contributed by atoms with Gasteiger partial charge in [-0.05, 0) is 42.0 Å². The number of hydrogen-bond acceptors (Lipinski definition) is 3. The molecule has 138 valence electrons. The lowest BCUT2D eigenvalue weighted by molar-refractivity contribution is -0.122. The number of carbonyl (C=O) groups is 2. The average Bonchev–Trinajstić information content (AvgIpc) is 2.60. The molecule has 2 aromatic carbocycles. The number of hydrogen-bond donors (Lipinski definition) is 2. The molecule has 7 heteroatoms. The summed E-state index contributed by atoms with van der Waals surface area (Å²) < 4.78 is 0. The largest absolute Gasteiger partial charge is 0.355 e. The third-order valence-electron chi connectivity index (χ3n) is 3.55. The minimum Gasteiger partial charge on any atom is -0.355 e. The van der Waals surface area contributed by atoms with Gasteiger partial charge in [0, 0.05) is 34.2 Å². The summed E-state index contributed by atoms with van der Waals surface area (Å²) in [6.45, 7) is 1.98. The molecule has 1 unspecified atom stereocenters. The molecular formula is C19H20Cl2N2O2S. The van der Waals surface area contributed by atoms with Crippen LogP contribution in [0.25, 0.3) is 0 Å². The van der Waals surface area contributed by atoms with E-state index in [0.29, 0.717) is 16.6 Å². The van der Waals surface area contributed by atoms with Gasteiger partial charge in [-0.15, -0.1) is 11.8 Å². The van der Waals surface area contributed by atoms with Crippen LogP contribution in [0.2, 0.25) is 10.0 Å². The van der Waals surface area contributed by atoms with Gasteiger partial charge >= 0.3 is 0 Å². The molecule has 0 aliphatic carbocycles. The van der Waals surface area contributed by atoms with E-state index in [-0.39, 0.29) is 24.3 Å². The minimum absolute atomic E-state index is 0.115. The van der Waals surface area contributed by atoms with Gasteiger partial charge in [-0.25, -0.2) is 0 Å². The maximum atomic E-state index is 12.2. The summed E-state index contributed by atoms with van der Waals surface area (Å²) in [5, 5.41) is 7.01. The zero-order chi connectivity index (χ0) is 18.9. The van der Waals surface area contributed by atoms with E-state index in [1.54, 1.807) is 23.9 Å². The van der Waals surface area contributed by atoms with Gasteiger partial charge in [0.15, 0.2) is 0 Å². The second kappa shape index (κ2) is 10.5. The van der Waals surface area contributed by atoms with Crippen LogP contribution in [0.15, 0.2) is 53.4 Å². The van der Waals surface area contributed by atoms with Crippen LogP contribution in [0.3, 0.4) is 0 Å². The van der Waals surface area contributed by atoms with Crippen LogP contribution in [-0.2, 0) is 9.59 Å². The van der Waals surface area contributed by atoms with Gasteiger partial charge in [0.2, 0.25) is 11.8 Å². The molecule has 1 atom stereocenters. The zero-order valence-corrected chi connectivity index (χ0v) is 16.6. The second-order valence-electron chi connectivity index (χ2n) is 5.66. The van der Waals surface area contributed by atoms with Crippen molar-refractivity contribution in [2.45, 2.75) is 24.3 Å². The molecule has 0 radical (unpaired) electrons. The lowest BCUT2D eigenvalue weighted by Crippen LogP contribution is -2.33. The number of amides is 2. The third kappa shape index (κ3) is 7.28. The Bertz CT molecular complexity index is 736. The molecule has 4 nitrogen and oxygen atoms in total. The molecule has 26 heavy (non-hydrogen) atoms. The van der Waals surface area contributed by atoms with E-state index < -0.39 is 0 Å². The SMILES string of the molecule is CC(=O)NC(CC(=O)NCCSc1ccc(Cl)cc1)c1ccc(Cl)cc1.